The molecule has 2 aromatic rings. The molecule has 2 aromatic carbocycles. The van der Waals surface area contributed by atoms with Gasteiger partial charge in [-0.1, -0.05) is 53.5 Å². The van der Waals surface area contributed by atoms with Crippen LogP contribution in [0.4, 0.5) is 0 Å². The summed E-state index contributed by atoms with van der Waals surface area (Å²) in [7, 11) is 0. The van der Waals surface area contributed by atoms with Crippen molar-refractivity contribution in [1.82, 2.24) is 0 Å². The molecule has 0 heterocycles. The van der Waals surface area contributed by atoms with Gasteiger partial charge >= 0.3 is 5.97 Å². The number of halogens is 2. The molecule has 0 amide bonds. The van der Waals surface area contributed by atoms with Crippen LogP contribution in [0.25, 0.3) is 6.08 Å². The number of carbonyl (C=O) groups is 1. The first-order chi connectivity index (χ1) is 9.13. The zero-order valence-corrected chi connectivity index (χ0v) is 11.4. The lowest BCUT2D eigenvalue weighted by atomic mass is 10.2. The summed E-state index contributed by atoms with van der Waals surface area (Å²) in [4.78, 5) is 11.6. The Morgan fingerprint density at radius 1 is 1.00 bits per heavy atom. The maximum absolute atomic E-state index is 11.6. The van der Waals surface area contributed by atoms with Gasteiger partial charge in [-0.2, -0.15) is 0 Å². The molecule has 0 spiro atoms. The first-order valence-electron chi connectivity index (χ1n) is 5.54. The predicted octanol–water partition coefficient (Wildman–Crippen LogP) is 4.61. The summed E-state index contributed by atoms with van der Waals surface area (Å²) in [6, 6.07) is 14.1. The lowest BCUT2D eigenvalue weighted by molar-refractivity contribution is -0.128. The Morgan fingerprint density at radius 2 is 1.63 bits per heavy atom. The van der Waals surface area contributed by atoms with Crippen molar-refractivity contribution in [2.75, 3.05) is 0 Å². The summed E-state index contributed by atoms with van der Waals surface area (Å²) in [6.45, 7) is 0. The lowest BCUT2D eigenvalue weighted by Crippen LogP contribution is -2.03. The molecule has 96 valence electrons. The SMILES string of the molecule is O=C(C=Cc1ccccc1)Oc1cc(Cl)cc(Cl)c1. The highest BCUT2D eigenvalue weighted by Gasteiger charge is 2.03. The molecule has 0 aliphatic rings. The summed E-state index contributed by atoms with van der Waals surface area (Å²) in [5.41, 5.74) is 0.920. The zero-order chi connectivity index (χ0) is 13.7. The van der Waals surface area contributed by atoms with Crippen LogP contribution in [-0.2, 0) is 4.79 Å². The molecule has 0 atom stereocenters. The topological polar surface area (TPSA) is 26.3 Å². The van der Waals surface area contributed by atoms with Crippen LogP contribution in [-0.4, -0.2) is 5.97 Å². The van der Waals surface area contributed by atoms with Gasteiger partial charge in [0.25, 0.3) is 0 Å². The molecule has 2 nitrogen and oxygen atoms in total. The molecule has 0 N–H and O–H groups in total. The molecule has 0 fully saturated rings. The number of ether oxygens (including phenoxy) is 1. The molecule has 0 bridgehead atoms. The number of hydrogen-bond acceptors (Lipinski definition) is 2. The van der Waals surface area contributed by atoms with E-state index in [1.165, 1.54) is 18.2 Å². The zero-order valence-electron chi connectivity index (χ0n) is 9.85. The van der Waals surface area contributed by atoms with Gasteiger partial charge in [-0.25, -0.2) is 4.79 Å². The molecule has 19 heavy (non-hydrogen) atoms. The van der Waals surface area contributed by atoms with Gasteiger partial charge in [0.1, 0.15) is 5.75 Å². The summed E-state index contributed by atoms with van der Waals surface area (Å²) in [5, 5.41) is 0.838. The Labute approximate surface area is 121 Å². The van der Waals surface area contributed by atoms with Gasteiger partial charge in [0.15, 0.2) is 0 Å². The van der Waals surface area contributed by atoms with Crippen LogP contribution in [0.15, 0.2) is 54.6 Å². The number of carbonyl (C=O) groups excluding carboxylic acids is 1. The average Bonchev–Trinajstić information content (AvgIpc) is 2.36. The second-order valence-corrected chi connectivity index (χ2v) is 4.64. The van der Waals surface area contributed by atoms with Crippen LogP contribution >= 0.6 is 23.2 Å². The minimum absolute atomic E-state index is 0.320. The normalized spacial score (nSPS) is 10.6. The summed E-state index contributed by atoms with van der Waals surface area (Å²) < 4.78 is 5.10. The van der Waals surface area contributed by atoms with Gasteiger partial charge in [0.05, 0.1) is 0 Å². The highest BCUT2D eigenvalue weighted by atomic mass is 35.5. The van der Waals surface area contributed by atoms with E-state index in [0.29, 0.717) is 15.8 Å². The van der Waals surface area contributed by atoms with E-state index in [1.807, 2.05) is 30.3 Å². The molecule has 0 saturated carbocycles. The Bertz CT molecular complexity index is 587. The number of hydrogen-bond donors (Lipinski definition) is 0. The Morgan fingerprint density at radius 3 is 2.26 bits per heavy atom. The Balaban J connectivity index is 2.03. The van der Waals surface area contributed by atoms with Crippen molar-refractivity contribution in [2.45, 2.75) is 0 Å². The molecule has 0 saturated heterocycles. The molecule has 0 aliphatic carbocycles. The second kappa shape index (κ2) is 6.41. The largest absolute Gasteiger partial charge is 0.423 e. The average molecular weight is 293 g/mol. The fourth-order valence-corrected chi connectivity index (χ4v) is 1.97. The number of benzene rings is 2. The third-order valence-electron chi connectivity index (χ3n) is 2.27. The van der Waals surface area contributed by atoms with Crippen molar-refractivity contribution in [3.05, 3.63) is 70.2 Å². The standard InChI is InChI=1S/C15H10Cl2O2/c16-12-8-13(17)10-14(9-12)19-15(18)7-6-11-4-2-1-3-5-11/h1-10H. The van der Waals surface area contributed by atoms with Gasteiger partial charge < -0.3 is 4.74 Å². The first kappa shape index (κ1) is 13.7. The molecule has 4 heteroatoms. The van der Waals surface area contributed by atoms with E-state index in [2.05, 4.69) is 0 Å². The molecule has 0 aromatic heterocycles. The van der Waals surface area contributed by atoms with Crippen LogP contribution in [0.3, 0.4) is 0 Å². The van der Waals surface area contributed by atoms with Crippen molar-refractivity contribution >= 4 is 35.2 Å². The number of rotatable bonds is 3. The fourth-order valence-electron chi connectivity index (χ4n) is 1.47. The fraction of sp³-hybridized carbons (Fsp3) is 0. The van der Waals surface area contributed by atoms with Crippen LogP contribution < -0.4 is 4.74 Å². The van der Waals surface area contributed by atoms with Crippen LogP contribution in [0.2, 0.25) is 10.0 Å². The Kier molecular flexibility index (Phi) is 4.61. The van der Waals surface area contributed by atoms with Gasteiger partial charge in [-0.05, 0) is 29.8 Å². The number of esters is 1. The van der Waals surface area contributed by atoms with E-state index < -0.39 is 5.97 Å². The Hall–Kier alpha value is -1.77. The summed E-state index contributed by atoms with van der Waals surface area (Å²) in [5.74, 6) is -0.164. The van der Waals surface area contributed by atoms with E-state index in [9.17, 15) is 4.79 Å². The minimum atomic E-state index is -0.484. The predicted molar refractivity (Wildman–Crippen MR) is 77.6 cm³/mol. The van der Waals surface area contributed by atoms with E-state index in [-0.39, 0.29) is 0 Å². The van der Waals surface area contributed by atoms with Crippen molar-refractivity contribution in [3.8, 4) is 5.75 Å². The molecule has 0 unspecified atom stereocenters. The highest BCUT2D eigenvalue weighted by Crippen LogP contribution is 2.24. The second-order valence-electron chi connectivity index (χ2n) is 3.77. The summed E-state index contributed by atoms with van der Waals surface area (Å²) in [6.07, 6.45) is 3.03. The van der Waals surface area contributed by atoms with Crippen LogP contribution in [0.1, 0.15) is 5.56 Å². The minimum Gasteiger partial charge on any atom is -0.423 e. The van der Waals surface area contributed by atoms with E-state index in [0.717, 1.165) is 5.56 Å². The maximum Gasteiger partial charge on any atom is 0.336 e. The van der Waals surface area contributed by atoms with Gasteiger partial charge in [0, 0.05) is 16.1 Å². The van der Waals surface area contributed by atoms with Crippen LogP contribution in [0.5, 0.6) is 5.75 Å². The molecular weight excluding hydrogens is 283 g/mol. The van der Waals surface area contributed by atoms with Crippen molar-refractivity contribution in [3.63, 3.8) is 0 Å². The smallest absolute Gasteiger partial charge is 0.336 e. The molecule has 0 radical (unpaired) electrons. The highest BCUT2D eigenvalue weighted by molar-refractivity contribution is 6.34. The monoisotopic (exact) mass is 292 g/mol. The summed E-state index contributed by atoms with van der Waals surface area (Å²) >= 11 is 11.6. The van der Waals surface area contributed by atoms with Crippen molar-refractivity contribution in [1.29, 1.82) is 0 Å². The molecular formula is C15H10Cl2O2. The molecule has 0 aliphatic heterocycles. The van der Waals surface area contributed by atoms with Crippen molar-refractivity contribution in [2.24, 2.45) is 0 Å². The van der Waals surface area contributed by atoms with Gasteiger partial charge in [0.2, 0.25) is 0 Å². The van der Waals surface area contributed by atoms with E-state index >= 15 is 0 Å². The lowest BCUT2D eigenvalue weighted by Gasteiger charge is -2.02. The van der Waals surface area contributed by atoms with Crippen molar-refractivity contribution < 1.29 is 9.53 Å². The molecule has 2 rings (SSSR count). The first-order valence-corrected chi connectivity index (χ1v) is 6.30. The third-order valence-corrected chi connectivity index (χ3v) is 2.70. The van der Waals surface area contributed by atoms with Crippen LogP contribution in [0, 0.1) is 0 Å². The van der Waals surface area contributed by atoms with Gasteiger partial charge in [-0.3, -0.25) is 0 Å². The van der Waals surface area contributed by atoms with Gasteiger partial charge in [-0.15, -0.1) is 0 Å². The van der Waals surface area contributed by atoms with E-state index in [1.54, 1.807) is 12.1 Å². The quantitative estimate of drug-likeness (QED) is 0.469. The third kappa shape index (κ3) is 4.43. The maximum atomic E-state index is 11.6. The van der Waals surface area contributed by atoms with E-state index in [4.69, 9.17) is 27.9 Å².